The Morgan fingerprint density at radius 2 is 2.00 bits per heavy atom. The van der Waals surface area contributed by atoms with Gasteiger partial charge in [0.25, 0.3) is 0 Å². The van der Waals surface area contributed by atoms with Crippen molar-refractivity contribution in [1.82, 2.24) is 4.98 Å². The summed E-state index contributed by atoms with van der Waals surface area (Å²) in [6.45, 7) is 7.30. The van der Waals surface area contributed by atoms with Gasteiger partial charge in [0, 0.05) is 23.2 Å². The molecule has 0 aliphatic rings. The molecule has 0 saturated carbocycles. The number of fused-ring (bicyclic) bond motifs is 1. The molecule has 0 radical (unpaired) electrons. The number of ether oxygens (including phenoxy) is 2. The highest BCUT2D eigenvalue weighted by Gasteiger charge is 2.10. The Kier molecular flexibility index (Phi) is 4.16. The summed E-state index contributed by atoms with van der Waals surface area (Å²) in [5, 5.41) is 10.7. The van der Waals surface area contributed by atoms with Crippen molar-refractivity contribution in [2.24, 2.45) is 4.99 Å². The fourth-order valence-electron chi connectivity index (χ4n) is 2.42. The van der Waals surface area contributed by atoms with E-state index < -0.39 is 0 Å². The van der Waals surface area contributed by atoms with E-state index in [9.17, 15) is 5.11 Å². The highest BCUT2D eigenvalue weighted by molar-refractivity contribution is 5.88. The smallest absolute Gasteiger partial charge is 0.162 e. The molecule has 1 aromatic heterocycles. The van der Waals surface area contributed by atoms with Gasteiger partial charge in [-0.2, -0.15) is 0 Å². The number of phenols is 1. The highest BCUT2D eigenvalue weighted by Crippen LogP contribution is 2.37. The zero-order valence-electron chi connectivity index (χ0n) is 13.2. The van der Waals surface area contributed by atoms with Gasteiger partial charge in [0.15, 0.2) is 11.5 Å². The summed E-state index contributed by atoms with van der Waals surface area (Å²) in [6.07, 6.45) is 3.33. The van der Waals surface area contributed by atoms with Crippen molar-refractivity contribution >= 4 is 29.4 Å². The Morgan fingerprint density at radius 3 is 2.71 bits per heavy atom. The highest BCUT2D eigenvalue weighted by atomic mass is 16.5. The van der Waals surface area contributed by atoms with Gasteiger partial charge in [-0.3, -0.25) is 9.98 Å². The second-order valence-corrected chi connectivity index (χ2v) is 5.04. The third kappa shape index (κ3) is 2.79. The number of pyridine rings is 1. The van der Waals surface area contributed by atoms with Crippen molar-refractivity contribution in [2.75, 3.05) is 7.11 Å². The number of nitrogens with zero attached hydrogens (tertiary/aromatic N) is 2. The first-order chi connectivity index (χ1) is 11.7. The molecule has 0 spiro atoms. The Morgan fingerprint density at radius 1 is 1.17 bits per heavy atom. The van der Waals surface area contributed by atoms with E-state index in [4.69, 9.17) is 9.47 Å². The van der Waals surface area contributed by atoms with Crippen LogP contribution in [0.3, 0.4) is 0 Å². The normalized spacial score (nSPS) is 10.4. The van der Waals surface area contributed by atoms with Crippen LogP contribution >= 0.6 is 0 Å². The molecule has 3 aromatic rings. The van der Waals surface area contributed by atoms with Gasteiger partial charge in [0.05, 0.1) is 18.3 Å². The Balaban J connectivity index is 2.05. The van der Waals surface area contributed by atoms with Gasteiger partial charge in [0.2, 0.25) is 0 Å². The van der Waals surface area contributed by atoms with Crippen molar-refractivity contribution in [3.05, 3.63) is 54.7 Å². The van der Waals surface area contributed by atoms with E-state index in [0.717, 1.165) is 11.3 Å². The van der Waals surface area contributed by atoms with E-state index in [1.165, 1.54) is 7.11 Å². The van der Waals surface area contributed by atoms with Crippen molar-refractivity contribution in [3.8, 4) is 23.0 Å². The quantitative estimate of drug-likeness (QED) is 0.691. The van der Waals surface area contributed by atoms with Gasteiger partial charge in [-0.15, -0.1) is 0 Å². The fraction of sp³-hybridized carbons (Fsp3) is 0.0526. The fourth-order valence-corrected chi connectivity index (χ4v) is 2.42. The third-order valence-corrected chi connectivity index (χ3v) is 3.62. The molecule has 0 aliphatic heterocycles. The molecule has 24 heavy (non-hydrogen) atoms. The molecular formula is C19H16N2O3. The largest absolute Gasteiger partial charge is 0.504 e. The van der Waals surface area contributed by atoms with Crippen LogP contribution in [0.4, 0.5) is 5.69 Å². The van der Waals surface area contributed by atoms with E-state index in [1.54, 1.807) is 36.5 Å². The molecule has 120 valence electrons. The first-order valence-corrected chi connectivity index (χ1v) is 7.23. The predicted molar refractivity (Wildman–Crippen MR) is 95.8 cm³/mol. The summed E-state index contributed by atoms with van der Waals surface area (Å²) in [4.78, 5) is 8.22. The minimum atomic E-state index is 0.0286. The molecule has 5 nitrogen and oxygen atoms in total. The molecule has 0 saturated heterocycles. The summed E-state index contributed by atoms with van der Waals surface area (Å²) >= 11 is 0. The number of rotatable bonds is 5. The van der Waals surface area contributed by atoms with Crippen LogP contribution < -0.4 is 9.47 Å². The number of phenolic OH excluding ortho intramolecular Hbond substituents is 1. The van der Waals surface area contributed by atoms with Crippen LogP contribution in [0.15, 0.2) is 54.2 Å². The maximum Gasteiger partial charge on any atom is 0.162 e. The molecule has 5 heteroatoms. The van der Waals surface area contributed by atoms with Crippen molar-refractivity contribution < 1.29 is 14.6 Å². The number of aromatic nitrogens is 1. The van der Waals surface area contributed by atoms with Crippen LogP contribution in [0, 0.1) is 0 Å². The van der Waals surface area contributed by atoms with Crippen molar-refractivity contribution in [1.29, 1.82) is 0 Å². The first kappa shape index (κ1) is 15.6. The average Bonchev–Trinajstić information content (AvgIpc) is 2.61. The van der Waals surface area contributed by atoms with E-state index in [1.807, 2.05) is 12.1 Å². The molecule has 0 unspecified atom stereocenters. The van der Waals surface area contributed by atoms with E-state index in [2.05, 4.69) is 23.3 Å². The van der Waals surface area contributed by atoms with E-state index >= 15 is 0 Å². The van der Waals surface area contributed by atoms with Gasteiger partial charge in [0.1, 0.15) is 11.5 Å². The Labute approximate surface area is 139 Å². The lowest BCUT2D eigenvalue weighted by molar-refractivity contribution is 0.374. The maximum absolute atomic E-state index is 10.0. The number of aliphatic imine (C=N–C) groups is 1. The van der Waals surface area contributed by atoms with Crippen LogP contribution in [0.2, 0.25) is 0 Å². The zero-order chi connectivity index (χ0) is 17.1. The number of benzene rings is 2. The number of methoxy groups -OCH3 is 1. The van der Waals surface area contributed by atoms with Crippen LogP contribution in [0.1, 0.15) is 5.56 Å². The molecule has 1 heterocycles. The van der Waals surface area contributed by atoms with Crippen LogP contribution in [-0.2, 0) is 0 Å². The number of aromatic hydroxyl groups is 1. The number of hydrogen-bond acceptors (Lipinski definition) is 5. The average molecular weight is 320 g/mol. The summed E-state index contributed by atoms with van der Waals surface area (Å²) in [5.74, 6) is 1.59. The monoisotopic (exact) mass is 320 g/mol. The minimum absolute atomic E-state index is 0.0286. The first-order valence-electron chi connectivity index (χ1n) is 7.23. The molecule has 0 aliphatic carbocycles. The zero-order valence-corrected chi connectivity index (χ0v) is 13.2. The van der Waals surface area contributed by atoms with E-state index in [0.29, 0.717) is 28.2 Å². The van der Waals surface area contributed by atoms with Gasteiger partial charge >= 0.3 is 0 Å². The van der Waals surface area contributed by atoms with Gasteiger partial charge < -0.3 is 14.6 Å². The predicted octanol–water partition coefficient (Wildman–Crippen LogP) is 4.72. The third-order valence-electron chi connectivity index (χ3n) is 3.62. The molecule has 1 N–H and O–H groups in total. The minimum Gasteiger partial charge on any atom is -0.504 e. The van der Waals surface area contributed by atoms with Crippen LogP contribution in [0.25, 0.3) is 17.0 Å². The molecule has 0 amide bonds. The van der Waals surface area contributed by atoms with Crippen LogP contribution in [-0.4, -0.2) is 23.9 Å². The molecule has 2 aromatic carbocycles. The summed E-state index contributed by atoms with van der Waals surface area (Å²) in [6, 6.07) is 10.4. The summed E-state index contributed by atoms with van der Waals surface area (Å²) in [7, 11) is 1.49. The lowest BCUT2D eigenvalue weighted by atomic mass is 10.1. The second-order valence-electron chi connectivity index (χ2n) is 5.04. The molecule has 0 atom stereocenters. The Bertz CT molecular complexity index is 935. The van der Waals surface area contributed by atoms with Gasteiger partial charge in [-0.1, -0.05) is 12.7 Å². The SMILES string of the molecule is C=Cc1cc(Oc2ccnc3cc(OC)c(O)cc23)ccc1N=C. The van der Waals surface area contributed by atoms with Gasteiger partial charge in [-0.05, 0) is 37.0 Å². The molecule has 0 fully saturated rings. The standard InChI is InChI=1S/C19H16N2O3/c1-4-12-9-13(5-6-15(12)20-2)24-18-7-8-21-16-11-19(23-3)17(22)10-14(16)18/h4-11,22H,1-2H2,3H3. The second kappa shape index (κ2) is 6.42. The maximum atomic E-state index is 10.0. The van der Waals surface area contributed by atoms with Crippen molar-refractivity contribution in [3.63, 3.8) is 0 Å². The summed E-state index contributed by atoms with van der Waals surface area (Å²) < 4.78 is 11.1. The molecule has 0 bridgehead atoms. The lowest BCUT2D eigenvalue weighted by Gasteiger charge is -2.11. The van der Waals surface area contributed by atoms with Gasteiger partial charge in [-0.25, -0.2) is 0 Å². The van der Waals surface area contributed by atoms with Crippen LogP contribution in [0.5, 0.6) is 23.0 Å². The van der Waals surface area contributed by atoms with Crippen molar-refractivity contribution in [2.45, 2.75) is 0 Å². The van der Waals surface area contributed by atoms with E-state index in [-0.39, 0.29) is 5.75 Å². The number of hydrogen-bond donors (Lipinski definition) is 1. The Hall–Kier alpha value is -3.34. The molecular weight excluding hydrogens is 304 g/mol. The molecule has 3 rings (SSSR count). The summed E-state index contributed by atoms with van der Waals surface area (Å²) in [5.41, 5.74) is 2.22. The topological polar surface area (TPSA) is 63.9 Å². The lowest BCUT2D eigenvalue weighted by Crippen LogP contribution is -1.90.